The van der Waals surface area contributed by atoms with Gasteiger partial charge in [0.05, 0.1) is 13.0 Å². The van der Waals surface area contributed by atoms with Crippen LogP contribution in [0.4, 0.5) is 0 Å². The van der Waals surface area contributed by atoms with E-state index in [1.165, 1.54) is 16.7 Å². The number of benzene rings is 1. The van der Waals surface area contributed by atoms with Gasteiger partial charge in [-0.15, -0.1) is 10.2 Å². The molecule has 0 aliphatic rings. The fourth-order valence-electron chi connectivity index (χ4n) is 1.53. The molecule has 0 fully saturated rings. The van der Waals surface area contributed by atoms with Gasteiger partial charge in [-0.05, 0) is 30.5 Å². The lowest BCUT2D eigenvalue weighted by molar-refractivity contribution is 0.459. The van der Waals surface area contributed by atoms with Crippen LogP contribution in [0.5, 0.6) is 0 Å². The molecule has 0 amide bonds. The van der Waals surface area contributed by atoms with Crippen LogP contribution in [0.2, 0.25) is 0 Å². The SMILES string of the molecule is Cc1ccc(Cc2nnc(CN)o2)cc1C. The second-order valence-corrected chi connectivity index (χ2v) is 3.89. The smallest absolute Gasteiger partial charge is 0.230 e. The highest BCUT2D eigenvalue weighted by molar-refractivity contribution is 5.31. The summed E-state index contributed by atoms with van der Waals surface area (Å²) in [5.41, 5.74) is 9.14. The molecular weight excluding hydrogens is 202 g/mol. The number of aromatic nitrogens is 2. The fourth-order valence-corrected chi connectivity index (χ4v) is 1.53. The molecule has 84 valence electrons. The van der Waals surface area contributed by atoms with Gasteiger partial charge >= 0.3 is 0 Å². The van der Waals surface area contributed by atoms with Gasteiger partial charge in [-0.3, -0.25) is 0 Å². The topological polar surface area (TPSA) is 64.9 Å². The number of nitrogens with two attached hydrogens (primary N) is 1. The summed E-state index contributed by atoms with van der Waals surface area (Å²) < 4.78 is 5.36. The van der Waals surface area contributed by atoms with Crippen molar-refractivity contribution < 1.29 is 4.42 Å². The second kappa shape index (κ2) is 4.45. The molecule has 0 saturated carbocycles. The largest absolute Gasteiger partial charge is 0.424 e. The van der Waals surface area contributed by atoms with Crippen LogP contribution in [0.1, 0.15) is 28.5 Å². The number of rotatable bonds is 3. The molecule has 0 unspecified atom stereocenters. The number of hydrogen-bond donors (Lipinski definition) is 1. The Hall–Kier alpha value is -1.68. The first-order valence-corrected chi connectivity index (χ1v) is 5.26. The molecule has 0 bridgehead atoms. The Kier molecular flexibility index (Phi) is 3.01. The highest BCUT2D eigenvalue weighted by Crippen LogP contribution is 2.13. The molecule has 1 aromatic heterocycles. The molecule has 16 heavy (non-hydrogen) atoms. The van der Waals surface area contributed by atoms with Crippen LogP contribution in [0.3, 0.4) is 0 Å². The summed E-state index contributed by atoms with van der Waals surface area (Å²) in [7, 11) is 0. The molecule has 2 aromatic rings. The Bertz CT molecular complexity index is 491. The highest BCUT2D eigenvalue weighted by Gasteiger charge is 2.06. The molecule has 4 heteroatoms. The first kappa shape index (κ1) is 10.8. The normalized spacial score (nSPS) is 10.7. The first-order chi connectivity index (χ1) is 7.69. The third-order valence-corrected chi connectivity index (χ3v) is 2.61. The molecule has 2 N–H and O–H groups in total. The summed E-state index contributed by atoms with van der Waals surface area (Å²) >= 11 is 0. The molecule has 1 heterocycles. The van der Waals surface area contributed by atoms with Crippen LogP contribution < -0.4 is 5.73 Å². The van der Waals surface area contributed by atoms with Gasteiger partial charge in [-0.2, -0.15) is 0 Å². The Morgan fingerprint density at radius 2 is 1.88 bits per heavy atom. The molecule has 0 spiro atoms. The van der Waals surface area contributed by atoms with E-state index in [0.29, 0.717) is 24.7 Å². The van der Waals surface area contributed by atoms with E-state index in [-0.39, 0.29) is 0 Å². The number of hydrogen-bond acceptors (Lipinski definition) is 4. The van der Waals surface area contributed by atoms with Crippen LogP contribution in [0.25, 0.3) is 0 Å². The van der Waals surface area contributed by atoms with Crippen LogP contribution in [0, 0.1) is 13.8 Å². The molecule has 0 aliphatic carbocycles. The van der Waals surface area contributed by atoms with Crippen molar-refractivity contribution in [2.45, 2.75) is 26.8 Å². The van der Waals surface area contributed by atoms with Gasteiger partial charge in [0, 0.05) is 0 Å². The van der Waals surface area contributed by atoms with Gasteiger partial charge < -0.3 is 10.2 Å². The van der Waals surface area contributed by atoms with E-state index >= 15 is 0 Å². The molecule has 0 saturated heterocycles. The first-order valence-electron chi connectivity index (χ1n) is 5.26. The van der Waals surface area contributed by atoms with Crippen molar-refractivity contribution in [2.24, 2.45) is 5.73 Å². The summed E-state index contributed by atoms with van der Waals surface area (Å²) in [4.78, 5) is 0. The maximum Gasteiger partial charge on any atom is 0.230 e. The van der Waals surface area contributed by atoms with Gasteiger partial charge in [0.1, 0.15) is 0 Å². The Morgan fingerprint density at radius 3 is 2.50 bits per heavy atom. The lowest BCUT2D eigenvalue weighted by Gasteiger charge is -2.02. The Labute approximate surface area is 94.5 Å². The molecule has 1 aromatic carbocycles. The van der Waals surface area contributed by atoms with E-state index in [1.807, 2.05) is 0 Å². The number of aryl methyl sites for hydroxylation is 2. The zero-order valence-corrected chi connectivity index (χ0v) is 9.53. The second-order valence-electron chi connectivity index (χ2n) is 3.89. The summed E-state index contributed by atoms with van der Waals surface area (Å²) in [6.45, 7) is 4.48. The predicted octanol–water partition coefficient (Wildman–Crippen LogP) is 1.74. The molecule has 0 atom stereocenters. The van der Waals surface area contributed by atoms with E-state index in [2.05, 4.69) is 42.2 Å². The third kappa shape index (κ3) is 2.28. The zero-order valence-electron chi connectivity index (χ0n) is 9.53. The fraction of sp³-hybridized carbons (Fsp3) is 0.333. The summed E-state index contributed by atoms with van der Waals surface area (Å²) in [5, 5.41) is 7.77. The van der Waals surface area contributed by atoms with Gasteiger partial charge in [-0.1, -0.05) is 18.2 Å². The monoisotopic (exact) mass is 217 g/mol. The van der Waals surface area contributed by atoms with Crippen molar-refractivity contribution in [2.75, 3.05) is 0 Å². The van der Waals surface area contributed by atoms with E-state index in [0.717, 1.165) is 0 Å². The van der Waals surface area contributed by atoms with Crippen molar-refractivity contribution in [3.05, 3.63) is 46.7 Å². The third-order valence-electron chi connectivity index (χ3n) is 2.61. The van der Waals surface area contributed by atoms with Crippen molar-refractivity contribution in [3.8, 4) is 0 Å². The van der Waals surface area contributed by atoms with Crippen LogP contribution in [-0.4, -0.2) is 10.2 Å². The van der Waals surface area contributed by atoms with E-state index in [9.17, 15) is 0 Å². The van der Waals surface area contributed by atoms with Crippen LogP contribution in [-0.2, 0) is 13.0 Å². The zero-order chi connectivity index (χ0) is 11.5. The molecule has 2 rings (SSSR count). The van der Waals surface area contributed by atoms with Crippen molar-refractivity contribution >= 4 is 0 Å². The van der Waals surface area contributed by atoms with Crippen molar-refractivity contribution in [1.29, 1.82) is 0 Å². The van der Waals surface area contributed by atoms with Gasteiger partial charge in [0.25, 0.3) is 0 Å². The van der Waals surface area contributed by atoms with Gasteiger partial charge in [0.2, 0.25) is 11.8 Å². The predicted molar refractivity (Wildman–Crippen MR) is 60.9 cm³/mol. The standard InChI is InChI=1S/C12H15N3O/c1-8-3-4-10(5-9(8)2)6-11-14-15-12(7-13)16-11/h3-5H,6-7,13H2,1-2H3. The lowest BCUT2D eigenvalue weighted by atomic mass is 10.0. The maximum absolute atomic E-state index is 5.40. The van der Waals surface area contributed by atoms with Crippen molar-refractivity contribution in [1.82, 2.24) is 10.2 Å². The van der Waals surface area contributed by atoms with E-state index in [4.69, 9.17) is 10.2 Å². The van der Waals surface area contributed by atoms with Gasteiger partial charge in [-0.25, -0.2) is 0 Å². The minimum absolute atomic E-state index is 0.292. The van der Waals surface area contributed by atoms with Crippen molar-refractivity contribution in [3.63, 3.8) is 0 Å². The summed E-state index contributed by atoms with van der Waals surface area (Å²) in [6, 6.07) is 6.32. The van der Waals surface area contributed by atoms with Gasteiger partial charge in [0.15, 0.2) is 0 Å². The minimum Gasteiger partial charge on any atom is -0.424 e. The van der Waals surface area contributed by atoms with E-state index in [1.54, 1.807) is 0 Å². The summed E-state index contributed by atoms with van der Waals surface area (Å²) in [5.74, 6) is 1.10. The average molecular weight is 217 g/mol. The molecule has 4 nitrogen and oxygen atoms in total. The lowest BCUT2D eigenvalue weighted by Crippen LogP contribution is -1.95. The molecule has 0 aliphatic heterocycles. The summed E-state index contributed by atoms with van der Waals surface area (Å²) in [6.07, 6.45) is 0.661. The van der Waals surface area contributed by atoms with Crippen LogP contribution in [0.15, 0.2) is 22.6 Å². The number of nitrogens with zero attached hydrogens (tertiary/aromatic N) is 2. The quantitative estimate of drug-likeness (QED) is 0.850. The van der Waals surface area contributed by atoms with E-state index < -0.39 is 0 Å². The average Bonchev–Trinajstić information content (AvgIpc) is 2.71. The maximum atomic E-state index is 5.40. The highest BCUT2D eigenvalue weighted by atomic mass is 16.4. The Morgan fingerprint density at radius 1 is 1.12 bits per heavy atom. The molecule has 0 radical (unpaired) electrons. The Balaban J connectivity index is 2.17. The van der Waals surface area contributed by atoms with Crippen LogP contribution >= 0.6 is 0 Å². The minimum atomic E-state index is 0.292. The molecular formula is C12H15N3O.